The highest BCUT2D eigenvalue weighted by Crippen LogP contribution is 2.31. The first-order valence-corrected chi connectivity index (χ1v) is 12.5. The minimum atomic E-state index is -0.781. The molecule has 0 aliphatic carbocycles. The lowest BCUT2D eigenvalue weighted by molar-refractivity contribution is -0.122. The Morgan fingerprint density at radius 2 is 1.68 bits per heavy atom. The van der Waals surface area contributed by atoms with E-state index in [9.17, 15) is 14.4 Å². The predicted octanol–water partition coefficient (Wildman–Crippen LogP) is 6.66. The lowest BCUT2D eigenvalue weighted by Gasteiger charge is -2.28. The van der Waals surface area contributed by atoms with Gasteiger partial charge in [-0.05, 0) is 78.1 Å². The summed E-state index contributed by atoms with van der Waals surface area (Å²) in [6.45, 7) is 6.09. The van der Waals surface area contributed by atoms with Crippen molar-refractivity contribution in [1.82, 2.24) is 5.32 Å². The normalized spacial score (nSPS) is 14.8. The van der Waals surface area contributed by atoms with Crippen LogP contribution in [-0.2, 0) is 16.2 Å². The van der Waals surface area contributed by atoms with Crippen LogP contribution in [0.5, 0.6) is 5.75 Å². The maximum atomic E-state index is 13.3. The molecule has 1 saturated heterocycles. The molecule has 1 fully saturated rings. The molecule has 0 unspecified atom stereocenters. The number of carbonyl (C=O) groups excluding carboxylic acids is 3. The lowest BCUT2D eigenvalue weighted by Crippen LogP contribution is -2.54. The first-order chi connectivity index (χ1) is 18.2. The average molecular weight is 525 g/mol. The second-order valence-electron chi connectivity index (χ2n) is 9.24. The number of benzene rings is 4. The van der Waals surface area contributed by atoms with Gasteiger partial charge in [0.25, 0.3) is 11.8 Å². The molecule has 38 heavy (non-hydrogen) atoms. The van der Waals surface area contributed by atoms with Crippen LogP contribution < -0.4 is 15.0 Å². The van der Waals surface area contributed by atoms with E-state index in [1.165, 1.54) is 6.08 Å². The monoisotopic (exact) mass is 524 g/mol. The van der Waals surface area contributed by atoms with Gasteiger partial charge in [-0.15, -0.1) is 0 Å². The average Bonchev–Trinajstić information content (AvgIpc) is 2.89. The molecule has 190 valence electrons. The Kier molecular flexibility index (Phi) is 6.74. The van der Waals surface area contributed by atoms with Gasteiger partial charge < -0.3 is 4.74 Å². The van der Waals surface area contributed by atoms with Crippen LogP contribution in [0.2, 0.25) is 5.02 Å². The van der Waals surface area contributed by atoms with Crippen LogP contribution in [0.25, 0.3) is 16.8 Å². The number of carbonyl (C=O) groups is 3. The third-order valence-corrected chi connectivity index (χ3v) is 7.13. The number of amides is 4. The third kappa shape index (κ3) is 4.66. The zero-order valence-corrected chi connectivity index (χ0v) is 21.9. The quantitative estimate of drug-likeness (QED) is 0.234. The number of imide groups is 2. The molecule has 0 atom stereocenters. The fourth-order valence-corrected chi connectivity index (χ4v) is 4.77. The number of anilines is 1. The number of ether oxygens (including phenoxy) is 1. The number of aryl methyl sites for hydroxylation is 2. The Labute approximate surface area is 225 Å². The number of nitrogens with one attached hydrogen (secondary N) is 1. The molecule has 4 aromatic rings. The Bertz CT molecular complexity index is 1660. The summed E-state index contributed by atoms with van der Waals surface area (Å²) >= 11 is 6.53. The summed E-state index contributed by atoms with van der Waals surface area (Å²) in [6.07, 6.45) is 1.42. The molecule has 4 aromatic carbocycles. The highest BCUT2D eigenvalue weighted by Gasteiger charge is 2.37. The minimum absolute atomic E-state index is 0.165. The Morgan fingerprint density at radius 3 is 2.47 bits per heavy atom. The van der Waals surface area contributed by atoms with Crippen LogP contribution >= 0.6 is 11.6 Å². The number of hydrogen-bond acceptors (Lipinski definition) is 4. The van der Waals surface area contributed by atoms with E-state index >= 15 is 0 Å². The number of urea groups is 1. The van der Waals surface area contributed by atoms with E-state index < -0.39 is 17.8 Å². The zero-order chi connectivity index (χ0) is 27.0. The van der Waals surface area contributed by atoms with Crippen molar-refractivity contribution in [2.45, 2.75) is 27.4 Å². The fourth-order valence-electron chi connectivity index (χ4n) is 4.53. The number of hydrogen-bond donors (Lipinski definition) is 1. The van der Waals surface area contributed by atoms with Gasteiger partial charge in [0.15, 0.2) is 0 Å². The molecule has 6 nitrogen and oxygen atoms in total. The number of halogens is 1. The van der Waals surface area contributed by atoms with Crippen LogP contribution in [0.15, 0.2) is 78.4 Å². The van der Waals surface area contributed by atoms with Gasteiger partial charge in [-0.2, -0.15) is 0 Å². The second kappa shape index (κ2) is 10.1. The summed E-state index contributed by atoms with van der Waals surface area (Å²) < 4.78 is 6.06. The van der Waals surface area contributed by atoms with Crippen LogP contribution in [0, 0.1) is 20.8 Å². The molecule has 0 radical (unpaired) electrons. The van der Waals surface area contributed by atoms with Gasteiger partial charge in [-0.1, -0.05) is 66.2 Å². The van der Waals surface area contributed by atoms with E-state index in [4.69, 9.17) is 16.3 Å². The van der Waals surface area contributed by atoms with Crippen molar-refractivity contribution in [1.29, 1.82) is 0 Å². The molecule has 0 spiro atoms. The fraction of sp³-hybridized carbons (Fsp3) is 0.129. The van der Waals surface area contributed by atoms with Gasteiger partial charge in [0.05, 0.1) is 10.7 Å². The Morgan fingerprint density at radius 1 is 0.895 bits per heavy atom. The number of fused-ring (bicyclic) bond motifs is 1. The van der Waals surface area contributed by atoms with Crippen molar-refractivity contribution >= 4 is 52.0 Å². The first-order valence-electron chi connectivity index (χ1n) is 12.1. The maximum Gasteiger partial charge on any atom is 0.335 e. The van der Waals surface area contributed by atoms with E-state index in [0.29, 0.717) is 28.6 Å². The standard InChI is InChI=1S/C31H25ClN2O4/c1-18-7-6-10-27(20(18)3)34-30(36)24(29(35)33-31(34)37)15-21-12-14-28(26(32)16-21)38-17-25-19(2)11-13-22-8-4-5-9-23(22)25/h4-16H,17H2,1-3H3,(H,33,35,37)/b24-15+. The van der Waals surface area contributed by atoms with E-state index in [0.717, 1.165) is 37.9 Å². The Hall–Kier alpha value is -4.42. The number of rotatable bonds is 5. The summed E-state index contributed by atoms with van der Waals surface area (Å²) in [5.74, 6) is -0.979. The van der Waals surface area contributed by atoms with Crippen molar-refractivity contribution in [2.24, 2.45) is 0 Å². The van der Waals surface area contributed by atoms with Crippen LogP contribution in [0.1, 0.15) is 27.8 Å². The van der Waals surface area contributed by atoms with Gasteiger partial charge >= 0.3 is 6.03 Å². The lowest BCUT2D eigenvalue weighted by atomic mass is 10.0. The molecule has 0 bridgehead atoms. The molecule has 4 amide bonds. The maximum absolute atomic E-state index is 13.3. The van der Waals surface area contributed by atoms with Crippen molar-refractivity contribution in [2.75, 3.05) is 4.90 Å². The smallest absolute Gasteiger partial charge is 0.335 e. The van der Waals surface area contributed by atoms with Gasteiger partial charge in [-0.3, -0.25) is 14.9 Å². The van der Waals surface area contributed by atoms with Crippen molar-refractivity contribution in [3.8, 4) is 5.75 Å². The molecule has 1 aliphatic rings. The molecule has 7 heteroatoms. The third-order valence-electron chi connectivity index (χ3n) is 6.83. The highest BCUT2D eigenvalue weighted by molar-refractivity contribution is 6.39. The van der Waals surface area contributed by atoms with Crippen LogP contribution in [0.3, 0.4) is 0 Å². The molecule has 5 rings (SSSR count). The molecular weight excluding hydrogens is 500 g/mol. The van der Waals surface area contributed by atoms with E-state index in [1.54, 1.807) is 30.3 Å². The van der Waals surface area contributed by atoms with Crippen LogP contribution in [0.4, 0.5) is 10.5 Å². The minimum Gasteiger partial charge on any atom is -0.487 e. The molecular formula is C31H25ClN2O4. The molecule has 0 saturated carbocycles. The van der Waals surface area contributed by atoms with Crippen molar-refractivity contribution in [3.63, 3.8) is 0 Å². The summed E-state index contributed by atoms with van der Waals surface area (Å²) in [7, 11) is 0. The highest BCUT2D eigenvalue weighted by atomic mass is 35.5. The number of barbiturate groups is 1. The summed E-state index contributed by atoms with van der Waals surface area (Å²) in [6, 6.07) is 21.9. The van der Waals surface area contributed by atoms with Crippen molar-refractivity contribution in [3.05, 3.63) is 111 Å². The summed E-state index contributed by atoms with van der Waals surface area (Å²) in [4.78, 5) is 39.4. The van der Waals surface area contributed by atoms with E-state index in [1.807, 2.05) is 39.0 Å². The molecule has 1 heterocycles. The number of nitrogens with zero attached hydrogens (tertiary/aromatic N) is 1. The topological polar surface area (TPSA) is 75.7 Å². The van der Waals surface area contributed by atoms with Gasteiger partial charge in [0, 0.05) is 5.56 Å². The van der Waals surface area contributed by atoms with E-state index in [-0.39, 0.29) is 5.57 Å². The molecule has 1 aliphatic heterocycles. The largest absolute Gasteiger partial charge is 0.487 e. The summed E-state index contributed by atoms with van der Waals surface area (Å²) in [5.41, 5.74) is 4.68. The molecule has 1 N–H and O–H groups in total. The summed E-state index contributed by atoms with van der Waals surface area (Å²) in [5, 5.41) is 4.85. The second-order valence-corrected chi connectivity index (χ2v) is 9.64. The Balaban J connectivity index is 1.41. The van der Waals surface area contributed by atoms with Gasteiger partial charge in [-0.25, -0.2) is 9.69 Å². The zero-order valence-electron chi connectivity index (χ0n) is 21.2. The van der Waals surface area contributed by atoms with Gasteiger partial charge in [0.1, 0.15) is 17.9 Å². The van der Waals surface area contributed by atoms with Gasteiger partial charge in [0.2, 0.25) is 0 Å². The van der Waals surface area contributed by atoms with Crippen LogP contribution in [-0.4, -0.2) is 17.8 Å². The SMILES string of the molecule is Cc1cccc(N2C(=O)NC(=O)/C(=C\c3ccc(OCc4c(C)ccc5ccccc45)c(Cl)c3)C2=O)c1C. The molecule has 0 aromatic heterocycles. The first kappa shape index (κ1) is 25.2. The van der Waals surface area contributed by atoms with Crippen molar-refractivity contribution < 1.29 is 19.1 Å². The van der Waals surface area contributed by atoms with E-state index in [2.05, 4.69) is 29.6 Å². The predicted molar refractivity (Wildman–Crippen MR) is 149 cm³/mol.